The Hall–Kier alpha value is -1.68. The lowest BCUT2D eigenvalue weighted by Gasteiger charge is -2.11. The summed E-state index contributed by atoms with van der Waals surface area (Å²) in [5.41, 5.74) is 2.73. The topological polar surface area (TPSA) is 39.4 Å². The van der Waals surface area contributed by atoms with Crippen LogP contribution >= 0.6 is 11.8 Å². The van der Waals surface area contributed by atoms with Crippen LogP contribution in [0.1, 0.15) is 27.2 Å². The molecule has 3 nitrogen and oxygen atoms in total. The van der Waals surface area contributed by atoms with Crippen LogP contribution in [0, 0.1) is 13.8 Å². The Kier molecular flexibility index (Phi) is 4.90. The van der Waals surface area contributed by atoms with Crippen molar-refractivity contribution >= 4 is 17.5 Å². The maximum atomic E-state index is 12.3. The molecule has 0 saturated carbocycles. The van der Waals surface area contributed by atoms with Crippen LogP contribution in [-0.4, -0.2) is 18.6 Å². The zero-order valence-electron chi connectivity index (χ0n) is 11.9. The number of aryl methyl sites for hydroxylation is 2. The first kappa shape index (κ1) is 14.7. The Morgan fingerprint density at radius 3 is 2.80 bits per heavy atom. The number of carbonyl (C=O) groups excluding carboxylic acids is 1. The number of hydrogen-bond donors (Lipinski definition) is 0. The van der Waals surface area contributed by atoms with Crippen LogP contribution in [0.4, 0.5) is 0 Å². The van der Waals surface area contributed by atoms with E-state index < -0.39 is 0 Å². The molecule has 106 valence electrons. The molecule has 0 fully saturated rings. The molecule has 0 N–H and O–H groups in total. The maximum Gasteiger partial charge on any atom is 0.176 e. The van der Waals surface area contributed by atoms with Gasteiger partial charge in [-0.1, -0.05) is 6.07 Å². The molecule has 0 radical (unpaired) electrons. The van der Waals surface area contributed by atoms with Gasteiger partial charge in [0.05, 0.1) is 30.4 Å². The first-order chi connectivity index (χ1) is 9.61. The number of furan rings is 1. The minimum atomic E-state index is 0.0882. The molecule has 0 amide bonds. The van der Waals surface area contributed by atoms with Crippen LogP contribution in [0.2, 0.25) is 0 Å². The lowest BCUT2D eigenvalue weighted by atomic mass is 10.0. The van der Waals surface area contributed by atoms with Crippen molar-refractivity contribution in [2.45, 2.75) is 19.6 Å². The molecule has 0 aliphatic rings. The molecule has 2 rings (SSSR count). The summed E-state index contributed by atoms with van der Waals surface area (Å²) in [6, 6.07) is 7.67. The van der Waals surface area contributed by atoms with E-state index in [-0.39, 0.29) is 5.78 Å². The molecule has 1 aromatic heterocycles. The van der Waals surface area contributed by atoms with Crippen LogP contribution in [0.5, 0.6) is 5.75 Å². The molecule has 2 aromatic rings. The van der Waals surface area contributed by atoms with Gasteiger partial charge in [-0.05, 0) is 43.2 Å². The number of ether oxygens (including phenoxy) is 1. The molecule has 0 spiro atoms. The quantitative estimate of drug-likeness (QED) is 0.753. The molecule has 20 heavy (non-hydrogen) atoms. The number of rotatable bonds is 6. The van der Waals surface area contributed by atoms with Crippen molar-refractivity contribution in [1.82, 2.24) is 0 Å². The van der Waals surface area contributed by atoms with Gasteiger partial charge in [0.15, 0.2) is 5.78 Å². The molecule has 0 bridgehead atoms. The normalized spacial score (nSPS) is 10.6. The van der Waals surface area contributed by atoms with Crippen LogP contribution < -0.4 is 4.74 Å². The van der Waals surface area contributed by atoms with Crippen molar-refractivity contribution in [1.29, 1.82) is 0 Å². The number of carbonyl (C=O) groups is 1. The Balaban J connectivity index is 2.05. The van der Waals surface area contributed by atoms with Crippen molar-refractivity contribution in [3.63, 3.8) is 0 Å². The number of hydrogen-bond acceptors (Lipinski definition) is 4. The average Bonchev–Trinajstić information content (AvgIpc) is 2.91. The monoisotopic (exact) mass is 290 g/mol. The number of ketones is 1. The Morgan fingerprint density at radius 2 is 2.15 bits per heavy atom. The van der Waals surface area contributed by atoms with Gasteiger partial charge in [0.25, 0.3) is 0 Å². The van der Waals surface area contributed by atoms with Crippen molar-refractivity contribution < 1.29 is 13.9 Å². The highest BCUT2D eigenvalue weighted by molar-refractivity contribution is 7.99. The number of benzene rings is 1. The van der Waals surface area contributed by atoms with Gasteiger partial charge < -0.3 is 9.15 Å². The summed E-state index contributed by atoms with van der Waals surface area (Å²) in [5.74, 6) is 2.77. The lowest BCUT2D eigenvalue weighted by Crippen LogP contribution is -2.07. The summed E-state index contributed by atoms with van der Waals surface area (Å²) >= 11 is 1.55. The van der Waals surface area contributed by atoms with Gasteiger partial charge in [-0.2, -0.15) is 0 Å². The van der Waals surface area contributed by atoms with E-state index in [0.29, 0.717) is 22.8 Å². The molecule has 1 heterocycles. The number of methoxy groups -OCH3 is 1. The molecule has 0 aliphatic carbocycles. The predicted molar refractivity (Wildman–Crippen MR) is 81.7 cm³/mol. The van der Waals surface area contributed by atoms with Crippen molar-refractivity contribution in [2.24, 2.45) is 0 Å². The van der Waals surface area contributed by atoms with Crippen molar-refractivity contribution in [3.05, 3.63) is 53.0 Å². The van der Waals surface area contributed by atoms with E-state index in [0.717, 1.165) is 16.9 Å². The smallest absolute Gasteiger partial charge is 0.176 e. The fourth-order valence-electron chi connectivity index (χ4n) is 2.15. The molecule has 0 unspecified atom stereocenters. The standard InChI is InChI=1S/C16H18O3S/c1-11-7-12(2)16(18-3)14(8-11)15(17)10-20-9-13-5-4-6-19-13/h4-8H,9-10H2,1-3H3. The fraction of sp³-hybridized carbons (Fsp3) is 0.312. The Morgan fingerprint density at radius 1 is 1.35 bits per heavy atom. The third kappa shape index (κ3) is 3.45. The van der Waals surface area contributed by atoms with E-state index in [1.807, 2.05) is 38.1 Å². The number of Topliss-reactive ketones (excluding diaryl/α,β-unsaturated/α-hetero) is 1. The van der Waals surface area contributed by atoms with Crippen LogP contribution in [0.15, 0.2) is 34.9 Å². The molecular formula is C16H18O3S. The molecule has 4 heteroatoms. The van der Waals surface area contributed by atoms with Gasteiger partial charge in [-0.15, -0.1) is 11.8 Å². The van der Waals surface area contributed by atoms with Gasteiger partial charge in [0.2, 0.25) is 0 Å². The summed E-state index contributed by atoms with van der Waals surface area (Å²) in [6.45, 7) is 3.94. The zero-order valence-corrected chi connectivity index (χ0v) is 12.8. The Labute approximate surface area is 123 Å². The summed E-state index contributed by atoms with van der Waals surface area (Å²) in [4.78, 5) is 12.3. The summed E-state index contributed by atoms with van der Waals surface area (Å²) in [7, 11) is 1.60. The molecular weight excluding hydrogens is 272 g/mol. The third-order valence-corrected chi connectivity index (χ3v) is 3.94. The molecule has 0 atom stereocenters. The lowest BCUT2D eigenvalue weighted by molar-refractivity contribution is 0.101. The fourth-order valence-corrected chi connectivity index (χ4v) is 2.96. The van der Waals surface area contributed by atoms with Gasteiger partial charge in [0.1, 0.15) is 11.5 Å². The number of thioether (sulfide) groups is 1. The minimum absolute atomic E-state index is 0.0882. The second-order valence-electron chi connectivity index (χ2n) is 4.66. The van der Waals surface area contributed by atoms with E-state index in [4.69, 9.17) is 9.15 Å². The van der Waals surface area contributed by atoms with Crippen LogP contribution in [0.25, 0.3) is 0 Å². The first-order valence-corrected chi connectivity index (χ1v) is 7.56. The van der Waals surface area contributed by atoms with Crippen LogP contribution in [0.3, 0.4) is 0 Å². The highest BCUT2D eigenvalue weighted by Gasteiger charge is 2.15. The van der Waals surface area contributed by atoms with E-state index in [1.165, 1.54) is 0 Å². The van der Waals surface area contributed by atoms with Crippen molar-refractivity contribution in [2.75, 3.05) is 12.9 Å². The summed E-state index contributed by atoms with van der Waals surface area (Å²) < 4.78 is 10.6. The minimum Gasteiger partial charge on any atom is -0.496 e. The highest BCUT2D eigenvalue weighted by Crippen LogP contribution is 2.26. The van der Waals surface area contributed by atoms with Gasteiger partial charge in [-0.3, -0.25) is 4.79 Å². The van der Waals surface area contributed by atoms with E-state index in [9.17, 15) is 4.79 Å². The van der Waals surface area contributed by atoms with Crippen LogP contribution in [-0.2, 0) is 5.75 Å². The SMILES string of the molecule is COc1c(C)cc(C)cc1C(=O)CSCc1ccco1. The molecule has 0 saturated heterocycles. The molecule has 1 aromatic carbocycles. The van der Waals surface area contributed by atoms with Gasteiger partial charge >= 0.3 is 0 Å². The van der Waals surface area contributed by atoms with Crippen molar-refractivity contribution in [3.8, 4) is 5.75 Å². The zero-order chi connectivity index (χ0) is 14.5. The third-order valence-electron chi connectivity index (χ3n) is 2.98. The second-order valence-corrected chi connectivity index (χ2v) is 5.64. The maximum absolute atomic E-state index is 12.3. The Bertz CT molecular complexity index is 588. The van der Waals surface area contributed by atoms with Gasteiger partial charge in [-0.25, -0.2) is 0 Å². The second kappa shape index (κ2) is 6.66. The van der Waals surface area contributed by atoms with E-state index in [2.05, 4.69) is 0 Å². The van der Waals surface area contributed by atoms with Gasteiger partial charge in [0, 0.05) is 0 Å². The average molecular weight is 290 g/mol. The highest BCUT2D eigenvalue weighted by atomic mass is 32.2. The van der Waals surface area contributed by atoms with E-state index >= 15 is 0 Å². The molecule has 0 aliphatic heterocycles. The largest absolute Gasteiger partial charge is 0.496 e. The predicted octanol–water partition coefficient (Wildman–Crippen LogP) is 4.02. The summed E-state index contributed by atoms with van der Waals surface area (Å²) in [5, 5.41) is 0. The van der Waals surface area contributed by atoms with E-state index in [1.54, 1.807) is 25.1 Å². The first-order valence-electron chi connectivity index (χ1n) is 6.40. The summed E-state index contributed by atoms with van der Waals surface area (Å²) in [6.07, 6.45) is 1.64.